The number of hydrogen-bond acceptors (Lipinski definition) is 6. The number of methoxy groups -OCH3 is 1. The molecule has 0 bridgehead atoms. The summed E-state index contributed by atoms with van der Waals surface area (Å²) in [4.78, 5) is 37.4. The lowest BCUT2D eigenvalue weighted by molar-refractivity contribution is -0.146. The zero-order valence-electron chi connectivity index (χ0n) is 9.70. The van der Waals surface area contributed by atoms with Gasteiger partial charge in [-0.25, -0.2) is 14.6 Å². The summed E-state index contributed by atoms with van der Waals surface area (Å²) in [6.45, 7) is -0.874. The van der Waals surface area contributed by atoms with E-state index in [1.807, 2.05) is 0 Å². The summed E-state index contributed by atoms with van der Waals surface area (Å²) in [7, 11) is 1.14. The van der Waals surface area contributed by atoms with Crippen molar-refractivity contribution in [2.24, 2.45) is 0 Å². The van der Waals surface area contributed by atoms with Crippen molar-refractivity contribution in [2.75, 3.05) is 13.7 Å². The van der Waals surface area contributed by atoms with Crippen LogP contribution in [0.1, 0.15) is 0 Å². The molecule has 18 heavy (non-hydrogen) atoms. The molecule has 1 aromatic rings. The number of nitrogens with one attached hydrogen (secondary N) is 1. The van der Waals surface area contributed by atoms with Crippen molar-refractivity contribution in [3.63, 3.8) is 0 Å². The number of carbonyl (C=O) groups is 2. The molecule has 1 amide bonds. The third-order valence-electron chi connectivity index (χ3n) is 2.10. The third kappa shape index (κ3) is 3.67. The highest BCUT2D eigenvalue weighted by Crippen LogP contribution is 1.88. The van der Waals surface area contributed by atoms with E-state index in [4.69, 9.17) is 5.11 Å². The summed E-state index contributed by atoms with van der Waals surface area (Å²) >= 11 is 0. The lowest BCUT2D eigenvalue weighted by atomic mass is 10.3. The highest BCUT2D eigenvalue weighted by Gasteiger charge is 2.20. The first-order valence-electron chi connectivity index (χ1n) is 5.08. The Labute approximate surface area is 102 Å². The molecular weight excluding hydrogens is 242 g/mol. The first-order chi connectivity index (χ1) is 8.58. The predicted molar refractivity (Wildman–Crippen MR) is 59.5 cm³/mol. The Bertz CT molecular complexity index is 484. The number of ether oxygens (including phenoxy) is 1. The molecule has 0 aliphatic rings. The second-order valence-corrected chi connectivity index (χ2v) is 3.36. The molecule has 0 unspecified atom stereocenters. The smallest absolute Gasteiger partial charge is 0.347 e. The number of carbonyl (C=O) groups excluding carboxylic acids is 2. The standard InChI is InChI=1S/C10H13N3O5/c1-18-9(16)7(6-14)12-8(15)5-13-4-2-3-11-10(13)17/h2-4,7,14H,5-6H2,1H3,(H,12,15)/t7-/m0/s1. The van der Waals surface area contributed by atoms with Crippen LogP contribution in [-0.4, -0.2) is 46.3 Å². The number of aromatic nitrogens is 2. The molecule has 0 aliphatic carbocycles. The number of hydrogen-bond donors (Lipinski definition) is 2. The fourth-order valence-electron chi connectivity index (χ4n) is 1.22. The predicted octanol–water partition coefficient (Wildman–Crippen LogP) is -2.11. The van der Waals surface area contributed by atoms with Gasteiger partial charge in [-0.2, -0.15) is 0 Å². The Balaban J connectivity index is 2.64. The maximum Gasteiger partial charge on any atom is 0.347 e. The molecule has 0 aromatic carbocycles. The van der Waals surface area contributed by atoms with Gasteiger partial charge in [-0.05, 0) is 6.07 Å². The molecule has 98 valence electrons. The number of aliphatic hydroxyl groups is 1. The maximum atomic E-state index is 11.5. The van der Waals surface area contributed by atoms with Crippen molar-refractivity contribution in [3.05, 3.63) is 28.9 Å². The van der Waals surface area contributed by atoms with Gasteiger partial charge in [-0.3, -0.25) is 9.36 Å². The summed E-state index contributed by atoms with van der Waals surface area (Å²) in [5.74, 6) is -1.36. The number of nitrogens with zero attached hydrogens (tertiary/aromatic N) is 2. The molecule has 8 nitrogen and oxygen atoms in total. The van der Waals surface area contributed by atoms with E-state index in [1.165, 1.54) is 18.5 Å². The van der Waals surface area contributed by atoms with Gasteiger partial charge in [-0.1, -0.05) is 0 Å². The van der Waals surface area contributed by atoms with Gasteiger partial charge in [0.05, 0.1) is 13.7 Å². The van der Waals surface area contributed by atoms with E-state index in [0.29, 0.717) is 0 Å². The lowest BCUT2D eigenvalue weighted by Gasteiger charge is -2.14. The Morgan fingerprint density at radius 3 is 2.89 bits per heavy atom. The molecule has 0 spiro atoms. The van der Waals surface area contributed by atoms with Gasteiger partial charge in [-0.15, -0.1) is 0 Å². The molecule has 1 atom stereocenters. The van der Waals surface area contributed by atoms with Crippen LogP contribution in [0.4, 0.5) is 0 Å². The van der Waals surface area contributed by atoms with E-state index < -0.39 is 30.2 Å². The molecule has 0 radical (unpaired) electrons. The third-order valence-corrected chi connectivity index (χ3v) is 2.10. The molecule has 0 aliphatic heterocycles. The van der Waals surface area contributed by atoms with Gasteiger partial charge >= 0.3 is 11.7 Å². The second kappa shape index (κ2) is 6.50. The topological polar surface area (TPSA) is 111 Å². The van der Waals surface area contributed by atoms with Crippen LogP contribution in [0.15, 0.2) is 23.3 Å². The van der Waals surface area contributed by atoms with E-state index >= 15 is 0 Å². The number of aliphatic hydroxyl groups excluding tert-OH is 1. The Morgan fingerprint density at radius 2 is 2.33 bits per heavy atom. The van der Waals surface area contributed by atoms with Gasteiger partial charge in [0.25, 0.3) is 0 Å². The fourth-order valence-corrected chi connectivity index (χ4v) is 1.22. The lowest BCUT2D eigenvalue weighted by Crippen LogP contribution is -2.46. The van der Waals surface area contributed by atoms with Crippen molar-refractivity contribution >= 4 is 11.9 Å². The average Bonchev–Trinajstić information content (AvgIpc) is 2.37. The van der Waals surface area contributed by atoms with Crippen LogP contribution in [0, 0.1) is 0 Å². The highest BCUT2D eigenvalue weighted by molar-refractivity contribution is 5.84. The van der Waals surface area contributed by atoms with E-state index in [2.05, 4.69) is 15.0 Å². The van der Waals surface area contributed by atoms with Crippen LogP contribution in [0.5, 0.6) is 0 Å². The minimum Gasteiger partial charge on any atom is -0.467 e. The summed E-state index contributed by atoms with van der Waals surface area (Å²) in [6, 6.07) is 0.355. The van der Waals surface area contributed by atoms with Crippen molar-refractivity contribution in [1.29, 1.82) is 0 Å². The molecule has 1 aromatic heterocycles. The molecule has 1 heterocycles. The number of esters is 1. The van der Waals surface area contributed by atoms with Gasteiger partial charge < -0.3 is 15.2 Å². The summed E-state index contributed by atoms with van der Waals surface area (Å²) in [5.41, 5.74) is -0.578. The van der Waals surface area contributed by atoms with Gasteiger partial charge in [0, 0.05) is 12.4 Å². The van der Waals surface area contributed by atoms with Gasteiger partial charge in [0.1, 0.15) is 6.54 Å². The van der Waals surface area contributed by atoms with Crippen molar-refractivity contribution < 1.29 is 19.4 Å². The minimum atomic E-state index is -1.14. The van der Waals surface area contributed by atoms with E-state index in [-0.39, 0.29) is 6.54 Å². The van der Waals surface area contributed by atoms with E-state index in [9.17, 15) is 14.4 Å². The highest BCUT2D eigenvalue weighted by atomic mass is 16.5. The quantitative estimate of drug-likeness (QED) is 0.583. The minimum absolute atomic E-state index is 0.292. The van der Waals surface area contributed by atoms with Gasteiger partial charge in [0.2, 0.25) is 5.91 Å². The molecule has 0 saturated carbocycles. The maximum absolute atomic E-state index is 11.5. The first-order valence-corrected chi connectivity index (χ1v) is 5.08. The number of rotatable bonds is 5. The van der Waals surface area contributed by atoms with Crippen LogP contribution in [0.2, 0.25) is 0 Å². The zero-order chi connectivity index (χ0) is 13.5. The van der Waals surface area contributed by atoms with Crippen LogP contribution < -0.4 is 11.0 Å². The summed E-state index contributed by atoms with van der Waals surface area (Å²) < 4.78 is 5.45. The van der Waals surface area contributed by atoms with Crippen molar-refractivity contribution in [1.82, 2.24) is 14.9 Å². The Kier molecular flexibility index (Phi) is 5.00. The fraction of sp³-hybridized carbons (Fsp3) is 0.400. The normalized spacial score (nSPS) is 11.7. The molecular formula is C10H13N3O5. The SMILES string of the molecule is COC(=O)[C@H](CO)NC(=O)Cn1cccnc1=O. The van der Waals surface area contributed by atoms with Crippen molar-refractivity contribution in [3.8, 4) is 0 Å². The van der Waals surface area contributed by atoms with Crippen LogP contribution in [-0.2, 0) is 20.9 Å². The molecule has 2 N–H and O–H groups in total. The molecule has 1 rings (SSSR count). The van der Waals surface area contributed by atoms with Gasteiger partial charge in [0.15, 0.2) is 6.04 Å². The van der Waals surface area contributed by atoms with Crippen LogP contribution >= 0.6 is 0 Å². The molecule has 0 saturated heterocycles. The average molecular weight is 255 g/mol. The second-order valence-electron chi connectivity index (χ2n) is 3.36. The molecule has 0 fully saturated rings. The van der Waals surface area contributed by atoms with E-state index in [0.717, 1.165) is 11.7 Å². The van der Waals surface area contributed by atoms with Crippen molar-refractivity contribution in [2.45, 2.75) is 12.6 Å². The monoisotopic (exact) mass is 255 g/mol. The number of amides is 1. The summed E-state index contributed by atoms with van der Waals surface area (Å²) in [6.07, 6.45) is 2.70. The Morgan fingerprint density at radius 1 is 1.61 bits per heavy atom. The van der Waals surface area contributed by atoms with E-state index in [1.54, 1.807) is 0 Å². The largest absolute Gasteiger partial charge is 0.467 e. The first kappa shape index (κ1) is 13.8. The zero-order valence-corrected chi connectivity index (χ0v) is 9.70. The Hall–Kier alpha value is -2.22. The van der Waals surface area contributed by atoms with Crippen LogP contribution in [0.25, 0.3) is 0 Å². The molecule has 8 heteroatoms. The summed E-state index contributed by atoms with van der Waals surface area (Å²) in [5, 5.41) is 11.1. The van der Waals surface area contributed by atoms with Crippen LogP contribution in [0.3, 0.4) is 0 Å².